The summed E-state index contributed by atoms with van der Waals surface area (Å²) >= 11 is 0. The first-order chi connectivity index (χ1) is 7.51. The van der Waals surface area contributed by atoms with E-state index < -0.39 is 21.2 Å². The highest BCUT2D eigenvalue weighted by Crippen LogP contribution is 2.32. The van der Waals surface area contributed by atoms with Crippen LogP contribution in [0.3, 0.4) is 0 Å². The number of ether oxygens (including phenoxy) is 1. The van der Waals surface area contributed by atoms with E-state index >= 15 is 0 Å². The number of hydrogen-bond donors (Lipinski definition) is 0. The van der Waals surface area contributed by atoms with Crippen LogP contribution in [-0.2, 0) is 0 Å². The van der Waals surface area contributed by atoms with E-state index in [9.17, 15) is 25.0 Å². The van der Waals surface area contributed by atoms with Crippen molar-refractivity contribution in [2.75, 3.05) is 7.11 Å². The van der Waals surface area contributed by atoms with Crippen LogP contribution in [0.1, 0.15) is 10.4 Å². The number of methoxy groups -OCH3 is 1. The number of aldehydes is 1. The van der Waals surface area contributed by atoms with Gasteiger partial charge in [0, 0.05) is 0 Å². The van der Waals surface area contributed by atoms with Crippen LogP contribution in [0, 0.1) is 20.2 Å². The standard InChI is InChI=1S/C8H6N2O6/c1-16-8-3-5(9(12)13)2-7(10(14)15)6(8)4-11/h2-4H,1H3. The number of benzene rings is 1. The van der Waals surface area contributed by atoms with Gasteiger partial charge >= 0.3 is 0 Å². The molecule has 0 saturated heterocycles. The van der Waals surface area contributed by atoms with Gasteiger partial charge in [0.2, 0.25) is 0 Å². The third-order valence-corrected chi connectivity index (χ3v) is 1.85. The number of rotatable bonds is 4. The molecule has 0 aliphatic rings. The molecule has 0 spiro atoms. The third-order valence-electron chi connectivity index (χ3n) is 1.85. The molecule has 0 heterocycles. The van der Waals surface area contributed by atoms with Crippen LogP contribution in [-0.4, -0.2) is 23.2 Å². The van der Waals surface area contributed by atoms with Gasteiger partial charge in [-0.05, 0) is 0 Å². The van der Waals surface area contributed by atoms with Crippen molar-refractivity contribution in [1.29, 1.82) is 0 Å². The summed E-state index contributed by atoms with van der Waals surface area (Å²) in [5.41, 5.74) is -1.48. The molecule has 1 aromatic rings. The van der Waals surface area contributed by atoms with E-state index in [2.05, 4.69) is 4.74 Å². The Morgan fingerprint density at radius 1 is 1.25 bits per heavy atom. The first kappa shape index (κ1) is 11.6. The Bertz CT molecular complexity index is 470. The van der Waals surface area contributed by atoms with E-state index in [1.807, 2.05) is 0 Å². The van der Waals surface area contributed by atoms with Gasteiger partial charge in [0.15, 0.2) is 6.29 Å². The number of carbonyl (C=O) groups excluding carboxylic acids is 1. The first-order valence-corrected chi connectivity index (χ1v) is 3.97. The van der Waals surface area contributed by atoms with Crippen molar-refractivity contribution in [1.82, 2.24) is 0 Å². The van der Waals surface area contributed by atoms with Gasteiger partial charge in [-0.1, -0.05) is 0 Å². The number of carbonyl (C=O) groups is 1. The number of nitrogens with zero attached hydrogens (tertiary/aromatic N) is 2. The average molecular weight is 226 g/mol. The molecular weight excluding hydrogens is 220 g/mol. The van der Waals surface area contributed by atoms with Gasteiger partial charge in [-0.2, -0.15) is 0 Å². The summed E-state index contributed by atoms with van der Waals surface area (Å²) in [6.07, 6.45) is 0.223. The van der Waals surface area contributed by atoms with E-state index in [0.29, 0.717) is 6.07 Å². The molecule has 8 nitrogen and oxygen atoms in total. The molecule has 0 radical (unpaired) electrons. The Kier molecular flexibility index (Phi) is 3.14. The van der Waals surface area contributed by atoms with E-state index in [1.54, 1.807) is 0 Å². The Morgan fingerprint density at radius 3 is 2.25 bits per heavy atom. The topological polar surface area (TPSA) is 113 Å². The molecule has 0 N–H and O–H groups in total. The Labute approximate surface area is 88.7 Å². The second-order valence-electron chi connectivity index (χ2n) is 2.71. The zero-order valence-electron chi connectivity index (χ0n) is 8.08. The number of nitro groups is 2. The Hall–Kier alpha value is -2.51. The molecule has 1 aromatic carbocycles. The minimum Gasteiger partial charge on any atom is -0.495 e. The molecule has 84 valence electrons. The lowest BCUT2D eigenvalue weighted by Gasteiger charge is -2.03. The molecule has 0 aliphatic carbocycles. The second kappa shape index (κ2) is 4.34. The molecule has 16 heavy (non-hydrogen) atoms. The van der Waals surface area contributed by atoms with Crippen LogP contribution in [0.4, 0.5) is 11.4 Å². The van der Waals surface area contributed by atoms with Crippen LogP contribution in [0.5, 0.6) is 5.75 Å². The average Bonchev–Trinajstić information content (AvgIpc) is 2.26. The molecule has 0 amide bonds. The zero-order valence-corrected chi connectivity index (χ0v) is 8.08. The fourth-order valence-electron chi connectivity index (χ4n) is 1.14. The predicted molar refractivity (Wildman–Crippen MR) is 51.7 cm³/mol. The van der Waals surface area contributed by atoms with Crippen molar-refractivity contribution in [3.05, 3.63) is 37.9 Å². The molecule has 0 saturated carbocycles. The normalized spacial score (nSPS) is 9.56. The quantitative estimate of drug-likeness (QED) is 0.434. The molecular formula is C8H6N2O6. The maximum Gasteiger partial charge on any atom is 0.290 e. The monoisotopic (exact) mass is 226 g/mol. The van der Waals surface area contributed by atoms with E-state index in [1.165, 1.54) is 0 Å². The van der Waals surface area contributed by atoms with Crippen molar-refractivity contribution >= 4 is 17.7 Å². The maximum absolute atomic E-state index is 10.6. The molecule has 0 unspecified atom stereocenters. The van der Waals surface area contributed by atoms with E-state index in [4.69, 9.17) is 0 Å². The summed E-state index contributed by atoms with van der Waals surface area (Å²) in [6.45, 7) is 0. The zero-order chi connectivity index (χ0) is 12.3. The Morgan fingerprint density at radius 2 is 1.88 bits per heavy atom. The van der Waals surface area contributed by atoms with Gasteiger partial charge < -0.3 is 4.74 Å². The van der Waals surface area contributed by atoms with Crippen molar-refractivity contribution in [3.8, 4) is 5.75 Å². The lowest BCUT2D eigenvalue weighted by Crippen LogP contribution is -2.00. The minimum absolute atomic E-state index is 0.198. The van der Waals surface area contributed by atoms with Crippen molar-refractivity contribution in [2.45, 2.75) is 0 Å². The van der Waals surface area contributed by atoms with Gasteiger partial charge in [0.05, 0.1) is 29.1 Å². The van der Waals surface area contributed by atoms with Gasteiger partial charge in [0.25, 0.3) is 11.4 Å². The summed E-state index contributed by atoms with van der Waals surface area (Å²) < 4.78 is 4.68. The highest BCUT2D eigenvalue weighted by Gasteiger charge is 2.24. The molecule has 1 rings (SSSR count). The summed E-state index contributed by atoms with van der Waals surface area (Å²) in [5.74, 6) is -0.198. The third kappa shape index (κ3) is 1.95. The van der Waals surface area contributed by atoms with Crippen molar-refractivity contribution < 1.29 is 19.4 Å². The smallest absolute Gasteiger partial charge is 0.290 e. The fraction of sp³-hybridized carbons (Fsp3) is 0.125. The van der Waals surface area contributed by atoms with Crippen LogP contribution >= 0.6 is 0 Å². The highest BCUT2D eigenvalue weighted by molar-refractivity contribution is 5.86. The lowest BCUT2D eigenvalue weighted by molar-refractivity contribution is -0.394. The number of non-ortho nitro benzene ring substituents is 1. The molecule has 0 aliphatic heterocycles. The number of nitro benzene ring substituents is 2. The van der Waals surface area contributed by atoms with Crippen LogP contribution in [0.25, 0.3) is 0 Å². The van der Waals surface area contributed by atoms with Gasteiger partial charge in [-0.15, -0.1) is 0 Å². The summed E-state index contributed by atoms with van der Waals surface area (Å²) in [4.78, 5) is 30.0. The summed E-state index contributed by atoms with van der Waals surface area (Å²) in [7, 11) is 1.16. The first-order valence-electron chi connectivity index (χ1n) is 3.97. The van der Waals surface area contributed by atoms with Crippen LogP contribution < -0.4 is 4.74 Å². The van der Waals surface area contributed by atoms with E-state index in [0.717, 1.165) is 13.2 Å². The minimum atomic E-state index is -0.876. The fourth-order valence-corrected chi connectivity index (χ4v) is 1.14. The predicted octanol–water partition coefficient (Wildman–Crippen LogP) is 1.32. The largest absolute Gasteiger partial charge is 0.495 e. The van der Waals surface area contributed by atoms with Crippen LogP contribution in [0.2, 0.25) is 0 Å². The molecule has 0 fully saturated rings. The molecule has 0 bridgehead atoms. The summed E-state index contributed by atoms with van der Waals surface area (Å²) in [5, 5.41) is 21.1. The van der Waals surface area contributed by atoms with Crippen LogP contribution in [0.15, 0.2) is 12.1 Å². The Balaban J connectivity index is 3.55. The van der Waals surface area contributed by atoms with Crippen molar-refractivity contribution in [3.63, 3.8) is 0 Å². The van der Waals surface area contributed by atoms with Gasteiger partial charge in [0.1, 0.15) is 11.3 Å². The lowest BCUT2D eigenvalue weighted by atomic mass is 10.1. The SMILES string of the molecule is COc1cc([N+](=O)[O-])cc([N+](=O)[O-])c1C=O. The van der Waals surface area contributed by atoms with E-state index in [-0.39, 0.29) is 17.6 Å². The number of hydrogen-bond acceptors (Lipinski definition) is 6. The molecule has 0 atom stereocenters. The maximum atomic E-state index is 10.6. The van der Waals surface area contributed by atoms with Gasteiger partial charge in [-0.25, -0.2) is 0 Å². The highest BCUT2D eigenvalue weighted by atomic mass is 16.6. The molecule has 8 heteroatoms. The summed E-state index contributed by atoms with van der Waals surface area (Å²) in [6, 6.07) is 1.67. The van der Waals surface area contributed by atoms with Gasteiger partial charge in [-0.3, -0.25) is 25.0 Å². The molecule has 0 aromatic heterocycles. The van der Waals surface area contributed by atoms with Crippen molar-refractivity contribution in [2.24, 2.45) is 0 Å². The second-order valence-corrected chi connectivity index (χ2v) is 2.71.